The molecule has 6 heteroatoms. The van der Waals surface area contributed by atoms with E-state index in [-0.39, 0.29) is 18.3 Å². The molecule has 174 valence electrons. The fourth-order valence-electron chi connectivity index (χ4n) is 4.42. The molecule has 1 aromatic heterocycles. The normalized spacial score (nSPS) is 14.4. The summed E-state index contributed by atoms with van der Waals surface area (Å²) in [5.74, 6) is 0.738. The van der Waals surface area contributed by atoms with Crippen molar-refractivity contribution in [2.45, 2.75) is 13.5 Å². The molecule has 1 aliphatic heterocycles. The van der Waals surface area contributed by atoms with E-state index in [0.717, 1.165) is 54.1 Å². The lowest BCUT2D eigenvalue weighted by molar-refractivity contribution is 0.0995. The van der Waals surface area contributed by atoms with Gasteiger partial charge in [-0.3, -0.25) is 4.79 Å². The number of piperazine rings is 1. The maximum absolute atomic E-state index is 13.3. The van der Waals surface area contributed by atoms with Gasteiger partial charge in [-0.25, -0.2) is 0 Å². The molecular formula is C28H29N3O3. The summed E-state index contributed by atoms with van der Waals surface area (Å²) in [6.07, 6.45) is 0. The van der Waals surface area contributed by atoms with Gasteiger partial charge in [0.2, 0.25) is 0 Å². The number of anilines is 2. The second-order valence-corrected chi connectivity index (χ2v) is 8.75. The van der Waals surface area contributed by atoms with E-state index < -0.39 is 0 Å². The van der Waals surface area contributed by atoms with Crippen molar-refractivity contribution in [2.24, 2.45) is 0 Å². The molecule has 0 saturated carbocycles. The third-order valence-electron chi connectivity index (χ3n) is 6.33. The zero-order chi connectivity index (χ0) is 23.5. The van der Waals surface area contributed by atoms with Crippen LogP contribution >= 0.6 is 0 Å². The smallest absolute Gasteiger partial charge is 0.291 e. The van der Waals surface area contributed by atoms with E-state index in [0.29, 0.717) is 5.58 Å². The average Bonchev–Trinajstić information content (AvgIpc) is 3.23. The Balaban J connectivity index is 1.36. The van der Waals surface area contributed by atoms with Gasteiger partial charge in [-0.2, -0.15) is 0 Å². The summed E-state index contributed by atoms with van der Waals surface area (Å²) in [5.41, 5.74) is 4.51. The summed E-state index contributed by atoms with van der Waals surface area (Å²) >= 11 is 0. The van der Waals surface area contributed by atoms with Crippen LogP contribution in [0.5, 0.6) is 5.75 Å². The van der Waals surface area contributed by atoms with Crippen molar-refractivity contribution in [3.05, 3.63) is 89.7 Å². The number of furan rings is 1. The number of fused-ring (bicyclic) bond motifs is 1. The fourth-order valence-corrected chi connectivity index (χ4v) is 4.42. The lowest BCUT2D eigenvalue weighted by atomic mass is 10.1. The molecule has 6 nitrogen and oxygen atoms in total. The molecular weight excluding hydrogens is 426 g/mol. The average molecular weight is 456 g/mol. The number of ether oxygens (including phenoxy) is 1. The Hall–Kier alpha value is -3.77. The largest absolute Gasteiger partial charge is 0.489 e. The highest BCUT2D eigenvalue weighted by Crippen LogP contribution is 2.29. The molecule has 0 spiro atoms. The predicted molar refractivity (Wildman–Crippen MR) is 136 cm³/mol. The number of carbonyl (C=O) groups excluding carboxylic acids is 1. The van der Waals surface area contributed by atoms with Gasteiger partial charge < -0.3 is 24.3 Å². The molecule has 0 bridgehead atoms. The molecule has 34 heavy (non-hydrogen) atoms. The fraction of sp³-hybridized carbons (Fsp3) is 0.250. The number of benzene rings is 3. The highest BCUT2D eigenvalue weighted by Gasteiger charge is 2.22. The standard InChI is InChI=1S/C28H29N3O3/c1-20-18-21(12-13-25(20)31-16-14-30(2)15-17-31)29-28(32)27-24(19-33-22-8-4-3-5-9-22)23-10-6-7-11-26(23)34-27/h3-13,18H,14-17,19H2,1-2H3,(H,29,32). The number of para-hydroxylation sites is 2. The Morgan fingerprint density at radius 3 is 2.47 bits per heavy atom. The number of aryl methyl sites for hydroxylation is 1. The van der Waals surface area contributed by atoms with Crippen LogP contribution < -0.4 is 15.0 Å². The Morgan fingerprint density at radius 2 is 1.71 bits per heavy atom. The van der Waals surface area contributed by atoms with Crippen molar-refractivity contribution in [3.63, 3.8) is 0 Å². The predicted octanol–water partition coefficient (Wildman–Crippen LogP) is 5.32. The lowest BCUT2D eigenvalue weighted by Crippen LogP contribution is -2.44. The van der Waals surface area contributed by atoms with E-state index in [1.165, 1.54) is 5.69 Å². The van der Waals surface area contributed by atoms with Gasteiger partial charge in [0, 0.05) is 48.5 Å². The van der Waals surface area contributed by atoms with E-state index >= 15 is 0 Å². The van der Waals surface area contributed by atoms with Crippen molar-refractivity contribution < 1.29 is 13.9 Å². The molecule has 4 aromatic rings. The zero-order valence-electron chi connectivity index (χ0n) is 19.6. The number of amides is 1. The van der Waals surface area contributed by atoms with Gasteiger partial charge in [0.1, 0.15) is 17.9 Å². The third-order valence-corrected chi connectivity index (χ3v) is 6.33. The third kappa shape index (κ3) is 4.63. The number of carbonyl (C=O) groups is 1. The van der Waals surface area contributed by atoms with Crippen molar-refractivity contribution in [1.29, 1.82) is 0 Å². The quantitative estimate of drug-likeness (QED) is 0.426. The van der Waals surface area contributed by atoms with E-state index in [2.05, 4.69) is 35.2 Å². The summed E-state index contributed by atoms with van der Waals surface area (Å²) in [6, 6.07) is 23.3. The SMILES string of the molecule is Cc1cc(NC(=O)c2oc3ccccc3c2COc2ccccc2)ccc1N1CCN(C)CC1. The minimum absolute atomic E-state index is 0.241. The topological polar surface area (TPSA) is 58.0 Å². The second kappa shape index (κ2) is 9.61. The summed E-state index contributed by atoms with van der Waals surface area (Å²) in [6.45, 7) is 6.45. The van der Waals surface area contributed by atoms with Gasteiger partial charge in [-0.15, -0.1) is 0 Å². The minimum Gasteiger partial charge on any atom is -0.489 e. The highest BCUT2D eigenvalue weighted by atomic mass is 16.5. The van der Waals surface area contributed by atoms with Crippen LogP contribution in [0, 0.1) is 6.92 Å². The van der Waals surface area contributed by atoms with Gasteiger partial charge in [0.25, 0.3) is 5.91 Å². The van der Waals surface area contributed by atoms with Crippen LogP contribution in [0.25, 0.3) is 11.0 Å². The van der Waals surface area contributed by atoms with Crippen molar-refractivity contribution in [2.75, 3.05) is 43.4 Å². The summed E-state index contributed by atoms with van der Waals surface area (Å²) in [7, 11) is 2.15. The Morgan fingerprint density at radius 1 is 0.971 bits per heavy atom. The number of likely N-dealkylation sites (N-methyl/N-ethyl adjacent to an activating group) is 1. The first kappa shape index (κ1) is 22.0. The number of hydrogen-bond acceptors (Lipinski definition) is 5. The molecule has 2 heterocycles. The first-order valence-electron chi connectivity index (χ1n) is 11.6. The Bertz CT molecular complexity index is 1290. The molecule has 0 radical (unpaired) electrons. The molecule has 5 rings (SSSR count). The van der Waals surface area contributed by atoms with Crippen LogP contribution in [-0.2, 0) is 6.61 Å². The summed E-state index contributed by atoms with van der Waals surface area (Å²) in [5, 5.41) is 3.90. The molecule has 1 fully saturated rings. The van der Waals surface area contributed by atoms with E-state index in [4.69, 9.17) is 9.15 Å². The van der Waals surface area contributed by atoms with Gasteiger partial charge in [-0.05, 0) is 55.9 Å². The van der Waals surface area contributed by atoms with Crippen molar-refractivity contribution in [3.8, 4) is 5.75 Å². The van der Waals surface area contributed by atoms with Crippen LogP contribution in [0.4, 0.5) is 11.4 Å². The monoisotopic (exact) mass is 455 g/mol. The number of nitrogens with one attached hydrogen (secondary N) is 1. The Labute approximate surface area is 199 Å². The molecule has 0 atom stereocenters. The van der Waals surface area contributed by atoms with Gasteiger partial charge in [0.15, 0.2) is 5.76 Å². The van der Waals surface area contributed by atoms with Gasteiger partial charge in [-0.1, -0.05) is 36.4 Å². The van der Waals surface area contributed by atoms with Crippen LogP contribution in [-0.4, -0.2) is 44.0 Å². The summed E-state index contributed by atoms with van der Waals surface area (Å²) < 4.78 is 11.9. The maximum atomic E-state index is 13.3. The minimum atomic E-state index is -0.283. The van der Waals surface area contributed by atoms with Crippen LogP contribution in [0.1, 0.15) is 21.7 Å². The van der Waals surface area contributed by atoms with Crippen LogP contribution in [0.3, 0.4) is 0 Å². The van der Waals surface area contributed by atoms with Gasteiger partial charge in [0.05, 0.1) is 0 Å². The molecule has 1 N–H and O–H groups in total. The molecule has 1 aliphatic rings. The maximum Gasteiger partial charge on any atom is 0.291 e. The van der Waals surface area contributed by atoms with Gasteiger partial charge >= 0.3 is 0 Å². The van der Waals surface area contributed by atoms with E-state index in [9.17, 15) is 4.79 Å². The Kier molecular flexibility index (Phi) is 6.23. The molecule has 1 amide bonds. The lowest BCUT2D eigenvalue weighted by Gasteiger charge is -2.35. The first-order valence-corrected chi connectivity index (χ1v) is 11.6. The number of rotatable bonds is 6. The highest BCUT2D eigenvalue weighted by molar-refractivity contribution is 6.06. The van der Waals surface area contributed by atoms with E-state index in [1.807, 2.05) is 66.7 Å². The molecule has 1 saturated heterocycles. The van der Waals surface area contributed by atoms with Crippen LogP contribution in [0.2, 0.25) is 0 Å². The molecule has 3 aromatic carbocycles. The zero-order valence-corrected chi connectivity index (χ0v) is 19.6. The number of hydrogen-bond donors (Lipinski definition) is 1. The molecule has 0 aliphatic carbocycles. The second-order valence-electron chi connectivity index (χ2n) is 8.75. The number of nitrogens with zero attached hydrogens (tertiary/aromatic N) is 2. The molecule has 0 unspecified atom stereocenters. The van der Waals surface area contributed by atoms with E-state index in [1.54, 1.807) is 0 Å². The van der Waals surface area contributed by atoms with Crippen LogP contribution in [0.15, 0.2) is 77.2 Å². The van der Waals surface area contributed by atoms with Crippen molar-refractivity contribution in [1.82, 2.24) is 4.90 Å². The summed E-state index contributed by atoms with van der Waals surface area (Å²) in [4.78, 5) is 18.0. The van der Waals surface area contributed by atoms with Crippen molar-refractivity contribution >= 4 is 28.3 Å². The first-order chi connectivity index (χ1) is 16.6.